The average Bonchev–Trinajstić information content (AvgIpc) is 3.05. The van der Waals surface area contributed by atoms with Crippen LogP contribution in [0.4, 0.5) is 5.82 Å². The molecule has 2 aliphatic rings. The minimum atomic E-state index is 0.241. The number of hydrogen-bond donors (Lipinski definition) is 0. The molecule has 1 fully saturated rings. The van der Waals surface area contributed by atoms with E-state index in [-0.39, 0.29) is 5.41 Å². The van der Waals surface area contributed by atoms with Crippen LogP contribution in [0.3, 0.4) is 0 Å². The number of nitrogens with zero attached hydrogens (tertiary/aromatic N) is 4. The molecular weight excluding hydrogens is 336 g/mol. The Labute approximate surface area is 159 Å². The molecule has 0 spiro atoms. The Morgan fingerprint density at radius 3 is 2.70 bits per heavy atom. The van der Waals surface area contributed by atoms with Crippen LogP contribution in [-0.2, 0) is 17.6 Å². The van der Waals surface area contributed by atoms with E-state index in [1.165, 1.54) is 16.9 Å². The molecule has 0 saturated carbocycles. The molecule has 3 heterocycles. The second-order valence-corrected chi connectivity index (χ2v) is 8.47. The van der Waals surface area contributed by atoms with Gasteiger partial charge in [0.25, 0.3) is 0 Å². The number of imidazole rings is 1. The topological polar surface area (TPSA) is 53.6 Å². The second kappa shape index (κ2) is 5.97. The molecule has 0 bridgehead atoms. The van der Waals surface area contributed by atoms with E-state index in [1.807, 2.05) is 12.1 Å². The van der Waals surface area contributed by atoms with E-state index in [0.717, 1.165) is 67.8 Å². The predicted octanol–water partition coefficient (Wildman–Crippen LogP) is 3.71. The maximum Gasteiger partial charge on any atom is 0.157 e. The van der Waals surface area contributed by atoms with Gasteiger partial charge in [0.05, 0.1) is 29.8 Å². The molecular formula is C22H24N4O. The Kier molecular flexibility index (Phi) is 3.66. The number of aromatic nitrogens is 2. The molecule has 5 rings (SSSR count). The van der Waals surface area contributed by atoms with Gasteiger partial charge in [0.2, 0.25) is 0 Å². The van der Waals surface area contributed by atoms with E-state index in [2.05, 4.69) is 41.4 Å². The van der Waals surface area contributed by atoms with Crippen molar-refractivity contribution in [2.24, 2.45) is 5.41 Å². The summed E-state index contributed by atoms with van der Waals surface area (Å²) in [5, 5.41) is 10.0. The number of ether oxygens (including phenoxy) is 1. The Hall–Kier alpha value is -2.58. The van der Waals surface area contributed by atoms with E-state index in [0.29, 0.717) is 0 Å². The summed E-state index contributed by atoms with van der Waals surface area (Å²) < 4.78 is 7.85. The van der Waals surface area contributed by atoms with Crippen LogP contribution in [0.15, 0.2) is 24.3 Å². The smallest absolute Gasteiger partial charge is 0.157 e. The Morgan fingerprint density at radius 1 is 1.15 bits per heavy atom. The number of para-hydroxylation sites is 2. The van der Waals surface area contributed by atoms with Crippen molar-refractivity contribution >= 4 is 22.5 Å². The lowest BCUT2D eigenvalue weighted by Crippen LogP contribution is -2.39. The molecule has 0 unspecified atom stereocenters. The Morgan fingerprint density at radius 2 is 1.93 bits per heavy atom. The van der Waals surface area contributed by atoms with Crippen LogP contribution in [0.25, 0.3) is 16.7 Å². The highest BCUT2D eigenvalue weighted by molar-refractivity contribution is 5.86. The zero-order chi connectivity index (χ0) is 18.6. The second-order valence-electron chi connectivity index (χ2n) is 8.47. The summed E-state index contributed by atoms with van der Waals surface area (Å²) in [5.41, 5.74) is 6.38. The van der Waals surface area contributed by atoms with Crippen LogP contribution >= 0.6 is 0 Å². The lowest BCUT2D eigenvalue weighted by atomic mass is 9.73. The first-order valence-electron chi connectivity index (χ1n) is 9.77. The standard InChI is InChI=1S/C22H24N4O/c1-22(2)8-7-15-16(13-22)21(25-9-11-27-12-10-25)26-19-6-4-3-5-18(19)24-20(26)17(15)14-23/h3-6H,7-13H2,1-2H3. The largest absolute Gasteiger partial charge is 0.378 e. The van der Waals surface area contributed by atoms with E-state index in [9.17, 15) is 5.26 Å². The number of fused-ring (bicyclic) bond motifs is 4. The monoisotopic (exact) mass is 360 g/mol. The normalized spacial score (nSPS) is 19.2. The van der Waals surface area contributed by atoms with E-state index in [1.54, 1.807) is 0 Å². The first-order chi connectivity index (χ1) is 13.1. The molecule has 1 aromatic carbocycles. The Bertz CT molecular complexity index is 1080. The third kappa shape index (κ3) is 2.51. The fraction of sp³-hybridized carbons (Fsp3) is 0.455. The van der Waals surface area contributed by atoms with Crippen molar-refractivity contribution in [1.82, 2.24) is 9.38 Å². The maximum absolute atomic E-state index is 10.0. The maximum atomic E-state index is 10.0. The fourth-order valence-electron chi connectivity index (χ4n) is 4.68. The molecule has 0 N–H and O–H groups in total. The fourth-order valence-corrected chi connectivity index (χ4v) is 4.68. The van der Waals surface area contributed by atoms with Gasteiger partial charge < -0.3 is 9.64 Å². The van der Waals surface area contributed by atoms with E-state index in [4.69, 9.17) is 9.72 Å². The number of morpholine rings is 1. The number of benzene rings is 1. The number of anilines is 1. The number of hydrogen-bond acceptors (Lipinski definition) is 4. The number of pyridine rings is 1. The number of rotatable bonds is 1. The van der Waals surface area contributed by atoms with Crippen LogP contribution in [0.2, 0.25) is 0 Å². The van der Waals surface area contributed by atoms with Crippen LogP contribution < -0.4 is 4.90 Å². The summed E-state index contributed by atoms with van der Waals surface area (Å²) in [5.74, 6) is 1.23. The van der Waals surface area contributed by atoms with Gasteiger partial charge in [-0.3, -0.25) is 4.40 Å². The van der Waals surface area contributed by atoms with Crippen molar-refractivity contribution in [2.45, 2.75) is 33.1 Å². The lowest BCUT2D eigenvalue weighted by molar-refractivity contribution is 0.122. The highest BCUT2D eigenvalue weighted by Gasteiger charge is 2.33. The summed E-state index contributed by atoms with van der Waals surface area (Å²) in [4.78, 5) is 7.30. The molecule has 2 aromatic heterocycles. The molecule has 1 aliphatic carbocycles. The number of nitriles is 1. The molecule has 27 heavy (non-hydrogen) atoms. The minimum absolute atomic E-state index is 0.241. The van der Waals surface area contributed by atoms with Crippen molar-refractivity contribution < 1.29 is 4.74 Å². The molecule has 3 aromatic rings. The van der Waals surface area contributed by atoms with Crippen LogP contribution in [0.5, 0.6) is 0 Å². The summed E-state index contributed by atoms with van der Waals surface area (Å²) >= 11 is 0. The van der Waals surface area contributed by atoms with Crippen molar-refractivity contribution in [2.75, 3.05) is 31.2 Å². The highest BCUT2D eigenvalue weighted by Crippen LogP contribution is 2.43. The van der Waals surface area contributed by atoms with Gasteiger partial charge in [-0.15, -0.1) is 0 Å². The predicted molar refractivity (Wildman–Crippen MR) is 106 cm³/mol. The van der Waals surface area contributed by atoms with E-state index >= 15 is 0 Å². The molecule has 0 atom stereocenters. The van der Waals surface area contributed by atoms with Gasteiger partial charge in [-0.2, -0.15) is 5.26 Å². The quantitative estimate of drug-likeness (QED) is 0.664. The van der Waals surface area contributed by atoms with Gasteiger partial charge >= 0.3 is 0 Å². The van der Waals surface area contributed by atoms with Crippen molar-refractivity contribution in [3.05, 3.63) is 41.0 Å². The van der Waals surface area contributed by atoms with Gasteiger partial charge in [0.15, 0.2) is 5.65 Å². The first kappa shape index (κ1) is 16.6. The van der Waals surface area contributed by atoms with E-state index < -0.39 is 0 Å². The van der Waals surface area contributed by atoms with Gasteiger partial charge in [-0.1, -0.05) is 26.0 Å². The summed E-state index contributed by atoms with van der Waals surface area (Å²) in [6.45, 7) is 7.90. The van der Waals surface area contributed by atoms with Crippen LogP contribution in [0, 0.1) is 16.7 Å². The minimum Gasteiger partial charge on any atom is -0.378 e. The molecule has 1 aliphatic heterocycles. The Balaban J connectivity index is 1.92. The SMILES string of the molecule is CC1(C)CCc2c(c(N3CCOCC3)n3c(nc4ccccc43)c2C#N)C1. The zero-order valence-electron chi connectivity index (χ0n) is 16.0. The zero-order valence-corrected chi connectivity index (χ0v) is 16.0. The van der Waals surface area contributed by atoms with Gasteiger partial charge in [0.1, 0.15) is 11.9 Å². The molecule has 0 amide bonds. The van der Waals surface area contributed by atoms with Gasteiger partial charge in [-0.25, -0.2) is 4.98 Å². The summed E-state index contributed by atoms with van der Waals surface area (Å²) in [6, 6.07) is 10.7. The first-order valence-corrected chi connectivity index (χ1v) is 9.77. The molecule has 138 valence electrons. The summed E-state index contributed by atoms with van der Waals surface area (Å²) in [6.07, 6.45) is 3.04. The molecule has 5 nitrogen and oxygen atoms in total. The van der Waals surface area contributed by atoms with Crippen molar-refractivity contribution in [1.29, 1.82) is 5.26 Å². The average molecular weight is 360 g/mol. The van der Waals surface area contributed by atoms with Crippen LogP contribution in [-0.4, -0.2) is 35.7 Å². The third-order valence-electron chi connectivity index (χ3n) is 6.06. The highest BCUT2D eigenvalue weighted by atomic mass is 16.5. The van der Waals surface area contributed by atoms with Crippen molar-refractivity contribution in [3.8, 4) is 6.07 Å². The van der Waals surface area contributed by atoms with Gasteiger partial charge in [0, 0.05) is 13.1 Å². The molecule has 5 heteroatoms. The third-order valence-corrected chi connectivity index (χ3v) is 6.06. The summed E-state index contributed by atoms with van der Waals surface area (Å²) in [7, 11) is 0. The molecule has 0 radical (unpaired) electrons. The molecule has 1 saturated heterocycles. The lowest BCUT2D eigenvalue weighted by Gasteiger charge is -2.38. The van der Waals surface area contributed by atoms with Crippen LogP contribution in [0.1, 0.15) is 37.0 Å². The van der Waals surface area contributed by atoms with Crippen molar-refractivity contribution in [3.63, 3.8) is 0 Å². The van der Waals surface area contributed by atoms with Gasteiger partial charge in [-0.05, 0) is 47.9 Å².